The highest BCUT2D eigenvalue weighted by Gasteiger charge is 2.15. The minimum absolute atomic E-state index is 0.140. The van der Waals surface area contributed by atoms with Gasteiger partial charge < -0.3 is 18.3 Å². The summed E-state index contributed by atoms with van der Waals surface area (Å²) in [5.74, 6) is 1.06. The fourth-order valence-corrected chi connectivity index (χ4v) is 2.67. The van der Waals surface area contributed by atoms with Crippen LogP contribution in [0.2, 0.25) is 0 Å². The Morgan fingerprint density at radius 1 is 1.16 bits per heavy atom. The number of hydrogen-bond acceptors (Lipinski definition) is 6. The third-order valence-electron chi connectivity index (χ3n) is 3.94. The summed E-state index contributed by atoms with van der Waals surface area (Å²) in [6.07, 6.45) is 0.740. The first-order valence-corrected chi connectivity index (χ1v) is 7.89. The molecule has 1 aromatic carbocycles. The molecule has 0 aliphatic carbocycles. The summed E-state index contributed by atoms with van der Waals surface area (Å²) in [5, 5.41) is 0.885. The van der Waals surface area contributed by atoms with Gasteiger partial charge in [0.2, 0.25) is 0 Å². The summed E-state index contributed by atoms with van der Waals surface area (Å²) in [6, 6.07) is 8.44. The van der Waals surface area contributed by atoms with Crippen LogP contribution in [-0.4, -0.2) is 13.1 Å². The topological polar surface area (TPSA) is 78.9 Å². The molecule has 0 N–H and O–H groups in total. The van der Waals surface area contributed by atoms with Crippen LogP contribution in [0.4, 0.5) is 0 Å². The van der Waals surface area contributed by atoms with E-state index in [4.69, 9.17) is 18.3 Å². The number of furan rings is 1. The maximum Gasteiger partial charge on any atom is 0.341 e. The van der Waals surface area contributed by atoms with Crippen molar-refractivity contribution < 1.29 is 23.1 Å². The third-order valence-corrected chi connectivity index (χ3v) is 3.94. The molecule has 0 spiro atoms. The predicted octanol–water partition coefficient (Wildman–Crippen LogP) is 3.62. The van der Waals surface area contributed by atoms with E-state index in [-0.39, 0.29) is 12.2 Å². The second kappa shape index (κ2) is 6.84. The Bertz CT molecular complexity index is 979. The largest absolute Gasteiger partial charge is 0.486 e. The van der Waals surface area contributed by atoms with Crippen molar-refractivity contribution in [3.63, 3.8) is 0 Å². The molecule has 6 nitrogen and oxygen atoms in total. The first-order chi connectivity index (χ1) is 12.0. The fraction of sp³-hybridized carbons (Fsp3) is 0.263. The van der Waals surface area contributed by atoms with Gasteiger partial charge in [0.15, 0.2) is 0 Å². The third kappa shape index (κ3) is 3.42. The van der Waals surface area contributed by atoms with E-state index in [1.807, 2.05) is 13.0 Å². The average Bonchev–Trinajstić information content (AvgIpc) is 2.98. The fourth-order valence-electron chi connectivity index (χ4n) is 2.67. The van der Waals surface area contributed by atoms with Crippen LogP contribution in [0.15, 0.2) is 44.0 Å². The zero-order valence-electron chi connectivity index (χ0n) is 14.3. The van der Waals surface area contributed by atoms with E-state index in [2.05, 4.69) is 0 Å². The first-order valence-electron chi connectivity index (χ1n) is 7.89. The molecule has 0 aliphatic heterocycles. The maximum atomic E-state index is 11.6. The van der Waals surface area contributed by atoms with Gasteiger partial charge in [0.05, 0.1) is 7.11 Å². The minimum atomic E-state index is -0.452. The van der Waals surface area contributed by atoms with Crippen molar-refractivity contribution in [2.45, 2.75) is 26.9 Å². The molecule has 2 aromatic heterocycles. The predicted molar refractivity (Wildman–Crippen MR) is 91.0 cm³/mol. The number of methoxy groups -OCH3 is 1. The van der Waals surface area contributed by atoms with Crippen LogP contribution in [0.5, 0.6) is 5.75 Å². The van der Waals surface area contributed by atoms with E-state index in [1.54, 1.807) is 25.1 Å². The Labute approximate surface area is 144 Å². The Morgan fingerprint density at radius 3 is 2.68 bits per heavy atom. The highest BCUT2D eigenvalue weighted by molar-refractivity contribution is 5.90. The lowest BCUT2D eigenvalue weighted by molar-refractivity contribution is 0.0599. The number of benzene rings is 1. The molecule has 0 bridgehead atoms. The van der Waals surface area contributed by atoms with Crippen LogP contribution in [0, 0.1) is 6.92 Å². The summed E-state index contributed by atoms with van der Waals surface area (Å²) in [6.45, 7) is 3.81. The van der Waals surface area contributed by atoms with Gasteiger partial charge in [-0.1, -0.05) is 6.92 Å². The number of fused-ring (bicyclic) bond motifs is 1. The van der Waals surface area contributed by atoms with E-state index < -0.39 is 5.97 Å². The lowest BCUT2D eigenvalue weighted by atomic mass is 10.1. The van der Waals surface area contributed by atoms with E-state index in [0.29, 0.717) is 28.4 Å². The number of carbonyl (C=O) groups is 1. The Kier molecular flexibility index (Phi) is 4.61. The van der Waals surface area contributed by atoms with Gasteiger partial charge in [0.1, 0.15) is 35.0 Å². The Balaban J connectivity index is 1.82. The van der Waals surface area contributed by atoms with Crippen LogP contribution in [0.3, 0.4) is 0 Å². The number of carbonyl (C=O) groups excluding carboxylic acids is 1. The molecule has 0 aliphatic rings. The van der Waals surface area contributed by atoms with Gasteiger partial charge in [-0.25, -0.2) is 9.59 Å². The molecular weight excluding hydrogens is 324 g/mol. The molecular formula is C19H18O6. The van der Waals surface area contributed by atoms with Crippen molar-refractivity contribution in [3.8, 4) is 5.75 Å². The molecule has 130 valence electrons. The summed E-state index contributed by atoms with van der Waals surface area (Å²) < 4.78 is 21.1. The van der Waals surface area contributed by atoms with Crippen molar-refractivity contribution in [3.05, 3.63) is 63.4 Å². The standard InChI is InChI=1S/C19H18O6/c1-4-12-7-18(20)25-17-9-13(5-6-15(12)17)23-10-14-8-16(11(2)24-14)19(21)22-3/h5-9H,4,10H2,1-3H3. The van der Waals surface area contributed by atoms with Gasteiger partial charge in [-0.3, -0.25) is 0 Å². The number of rotatable bonds is 5. The molecule has 0 unspecified atom stereocenters. The smallest absolute Gasteiger partial charge is 0.341 e. The molecule has 3 rings (SSSR count). The molecule has 3 aromatic rings. The molecule has 0 saturated carbocycles. The molecule has 25 heavy (non-hydrogen) atoms. The average molecular weight is 342 g/mol. The zero-order chi connectivity index (χ0) is 18.0. The molecule has 0 fully saturated rings. The monoisotopic (exact) mass is 342 g/mol. The van der Waals surface area contributed by atoms with Crippen LogP contribution in [0.1, 0.15) is 34.4 Å². The summed E-state index contributed by atoms with van der Waals surface area (Å²) in [5.41, 5.74) is 1.40. The van der Waals surface area contributed by atoms with Gasteiger partial charge in [-0.15, -0.1) is 0 Å². The Morgan fingerprint density at radius 2 is 1.96 bits per heavy atom. The maximum absolute atomic E-state index is 11.6. The van der Waals surface area contributed by atoms with E-state index >= 15 is 0 Å². The van der Waals surface area contributed by atoms with E-state index in [0.717, 1.165) is 17.4 Å². The number of hydrogen-bond donors (Lipinski definition) is 0. The normalized spacial score (nSPS) is 10.8. The van der Waals surface area contributed by atoms with Gasteiger partial charge in [-0.05, 0) is 37.1 Å². The lowest BCUT2D eigenvalue weighted by Gasteiger charge is -2.07. The lowest BCUT2D eigenvalue weighted by Crippen LogP contribution is -2.01. The number of aryl methyl sites for hydroxylation is 2. The molecule has 0 radical (unpaired) electrons. The van der Waals surface area contributed by atoms with Gasteiger partial charge in [-0.2, -0.15) is 0 Å². The zero-order valence-corrected chi connectivity index (χ0v) is 14.3. The highest BCUT2D eigenvalue weighted by Crippen LogP contribution is 2.24. The SMILES string of the molecule is CCc1cc(=O)oc2cc(OCc3cc(C(=O)OC)c(C)o3)ccc12. The van der Waals surface area contributed by atoms with Crippen molar-refractivity contribution in [1.29, 1.82) is 0 Å². The Hall–Kier alpha value is -3.02. The highest BCUT2D eigenvalue weighted by atomic mass is 16.5. The van der Waals surface area contributed by atoms with Gasteiger partial charge in [0.25, 0.3) is 0 Å². The minimum Gasteiger partial charge on any atom is -0.486 e. The van der Waals surface area contributed by atoms with E-state index in [1.165, 1.54) is 13.2 Å². The van der Waals surface area contributed by atoms with Crippen molar-refractivity contribution in [2.24, 2.45) is 0 Å². The van der Waals surface area contributed by atoms with Crippen LogP contribution >= 0.6 is 0 Å². The molecule has 0 saturated heterocycles. The van der Waals surface area contributed by atoms with Crippen LogP contribution in [0.25, 0.3) is 11.0 Å². The van der Waals surface area contributed by atoms with Gasteiger partial charge in [0, 0.05) is 17.5 Å². The summed E-state index contributed by atoms with van der Waals surface area (Å²) in [7, 11) is 1.32. The number of esters is 1. The van der Waals surface area contributed by atoms with Gasteiger partial charge >= 0.3 is 11.6 Å². The van der Waals surface area contributed by atoms with Crippen molar-refractivity contribution in [2.75, 3.05) is 7.11 Å². The molecule has 0 atom stereocenters. The van der Waals surface area contributed by atoms with E-state index in [9.17, 15) is 9.59 Å². The molecule has 6 heteroatoms. The summed E-state index contributed by atoms with van der Waals surface area (Å²) in [4.78, 5) is 23.2. The molecule has 0 amide bonds. The van der Waals surface area contributed by atoms with Crippen molar-refractivity contribution >= 4 is 16.9 Å². The van der Waals surface area contributed by atoms with Crippen LogP contribution < -0.4 is 10.4 Å². The second-order valence-electron chi connectivity index (χ2n) is 5.57. The second-order valence-corrected chi connectivity index (χ2v) is 5.57. The van der Waals surface area contributed by atoms with Crippen molar-refractivity contribution in [1.82, 2.24) is 0 Å². The summed E-state index contributed by atoms with van der Waals surface area (Å²) >= 11 is 0. The quantitative estimate of drug-likeness (QED) is 0.520. The molecule has 2 heterocycles. The first kappa shape index (κ1) is 16.8. The number of ether oxygens (including phenoxy) is 2. The van der Waals surface area contributed by atoms with Crippen LogP contribution in [-0.2, 0) is 17.8 Å².